The number of halogens is 1. The minimum atomic E-state index is -0.397. The lowest BCUT2D eigenvalue weighted by Gasteiger charge is -2.23. The largest absolute Gasteiger partial charge is 0.497 e. The fraction of sp³-hybridized carbons (Fsp3) is 0.370. The van der Waals surface area contributed by atoms with Crippen LogP contribution < -0.4 is 15.4 Å². The first kappa shape index (κ1) is 28.0. The van der Waals surface area contributed by atoms with Gasteiger partial charge in [0.2, 0.25) is 5.91 Å². The molecule has 0 fully saturated rings. The summed E-state index contributed by atoms with van der Waals surface area (Å²) >= 11 is 6.43. The van der Waals surface area contributed by atoms with Crippen molar-refractivity contribution in [3.63, 3.8) is 0 Å². The molecule has 0 radical (unpaired) electrons. The van der Waals surface area contributed by atoms with E-state index in [0.717, 1.165) is 5.69 Å². The number of carbonyl (C=O) groups excluding carboxylic acids is 2. The van der Waals surface area contributed by atoms with Gasteiger partial charge in [-0.15, -0.1) is 0 Å². The summed E-state index contributed by atoms with van der Waals surface area (Å²) in [5.41, 5.74) is 1.77. The number of ether oxygens (including phenoxy) is 2. The predicted molar refractivity (Wildman–Crippen MR) is 146 cm³/mol. The van der Waals surface area contributed by atoms with Gasteiger partial charge in [0.25, 0.3) is 0 Å². The molecule has 0 saturated heterocycles. The minimum absolute atomic E-state index is 0.162. The van der Waals surface area contributed by atoms with Crippen LogP contribution in [0.5, 0.6) is 5.75 Å². The van der Waals surface area contributed by atoms with Crippen LogP contribution in [0.15, 0.2) is 54.6 Å². The number of nitrogens with zero attached hydrogens (tertiary/aromatic N) is 3. The maximum absolute atomic E-state index is 13.2. The van der Waals surface area contributed by atoms with Crippen LogP contribution in [-0.2, 0) is 14.9 Å². The number of aromatic nitrogens is 2. The normalized spacial score (nSPS) is 11.2. The number of hydrogen-bond acceptors (Lipinski definition) is 5. The van der Waals surface area contributed by atoms with Crippen LogP contribution in [0.3, 0.4) is 0 Å². The predicted octanol–water partition coefficient (Wildman–Crippen LogP) is 5.34. The molecule has 198 valence electrons. The number of benzene rings is 2. The Morgan fingerprint density at radius 2 is 1.76 bits per heavy atom. The molecule has 3 amide bonds. The lowest BCUT2D eigenvalue weighted by Crippen LogP contribution is -2.41. The second-order valence-electron chi connectivity index (χ2n) is 9.50. The third kappa shape index (κ3) is 7.71. The Morgan fingerprint density at radius 1 is 1.05 bits per heavy atom. The first-order valence-electron chi connectivity index (χ1n) is 12.0. The van der Waals surface area contributed by atoms with E-state index in [4.69, 9.17) is 26.2 Å². The smallest absolute Gasteiger partial charge is 0.322 e. The number of nitrogens with one attached hydrogen (secondary N) is 2. The van der Waals surface area contributed by atoms with E-state index in [1.807, 2.05) is 45.0 Å². The van der Waals surface area contributed by atoms with Crippen molar-refractivity contribution in [1.82, 2.24) is 14.7 Å². The van der Waals surface area contributed by atoms with Crippen LogP contribution in [0.1, 0.15) is 32.9 Å². The van der Waals surface area contributed by atoms with E-state index < -0.39 is 6.03 Å². The Hall–Kier alpha value is -3.56. The molecule has 0 aliphatic heterocycles. The molecule has 37 heavy (non-hydrogen) atoms. The second kappa shape index (κ2) is 12.6. The fourth-order valence-corrected chi connectivity index (χ4v) is 3.74. The number of anilines is 2. The lowest BCUT2D eigenvalue weighted by molar-refractivity contribution is -0.116. The zero-order valence-corrected chi connectivity index (χ0v) is 22.6. The summed E-state index contributed by atoms with van der Waals surface area (Å²) in [5, 5.41) is 11.0. The highest BCUT2D eigenvalue weighted by molar-refractivity contribution is 6.32. The Morgan fingerprint density at radius 3 is 2.38 bits per heavy atom. The average Bonchev–Trinajstić information content (AvgIpc) is 3.28. The Bertz CT molecular complexity index is 1200. The number of para-hydroxylation sites is 1. The van der Waals surface area contributed by atoms with Crippen molar-refractivity contribution in [2.75, 3.05) is 44.5 Å². The molecule has 3 aromatic rings. The summed E-state index contributed by atoms with van der Waals surface area (Å²) in [4.78, 5) is 27.7. The Balaban J connectivity index is 1.80. The highest BCUT2D eigenvalue weighted by Gasteiger charge is 2.24. The van der Waals surface area contributed by atoms with Crippen molar-refractivity contribution in [1.29, 1.82) is 0 Å². The van der Waals surface area contributed by atoms with Gasteiger partial charge in [0.05, 0.1) is 23.5 Å². The monoisotopic (exact) mass is 527 g/mol. The number of amides is 3. The van der Waals surface area contributed by atoms with E-state index in [-0.39, 0.29) is 17.9 Å². The van der Waals surface area contributed by atoms with Gasteiger partial charge in [-0.1, -0.05) is 44.5 Å². The Labute approximate surface area is 222 Å². The second-order valence-corrected chi connectivity index (χ2v) is 9.91. The van der Waals surface area contributed by atoms with Crippen LogP contribution in [0, 0.1) is 0 Å². The zero-order chi connectivity index (χ0) is 27.0. The van der Waals surface area contributed by atoms with Crippen molar-refractivity contribution >= 4 is 35.0 Å². The molecule has 0 spiro atoms. The van der Waals surface area contributed by atoms with E-state index >= 15 is 0 Å². The quantitative estimate of drug-likeness (QED) is 0.347. The lowest BCUT2D eigenvalue weighted by atomic mass is 9.92. The summed E-state index contributed by atoms with van der Waals surface area (Å²) in [6.45, 7) is 6.75. The van der Waals surface area contributed by atoms with Crippen LogP contribution >= 0.6 is 11.6 Å². The van der Waals surface area contributed by atoms with Gasteiger partial charge in [-0.25, -0.2) is 9.48 Å². The maximum Gasteiger partial charge on any atom is 0.322 e. The van der Waals surface area contributed by atoms with Gasteiger partial charge in [0.1, 0.15) is 18.1 Å². The van der Waals surface area contributed by atoms with Gasteiger partial charge in [-0.3, -0.25) is 4.79 Å². The standard InChI is InChI=1S/C27H34ClN5O4/c1-27(2,3)23-17-24(33(31-23)22-10-7-6-9-21(22)28)30-25(34)18-32(15-8-16-36-4)26(35)29-19-11-13-20(37-5)14-12-19/h6-7,9-14,17H,8,15-16,18H2,1-5H3,(H,29,35)(H,30,34). The first-order valence-corrected chi connectivity index (χ1v) is 12.3. The molecule has 0 atom stereocenters. The molecule has 0 saturated carbocycles. The first-order chi connectivity index (χ1) is 17.6. The third-order valence-electron chi connectivity index (χ3n) is 5.57. The number of urea groups is 1. The molecule has 0 bridgehead atoms. The van der Waals surface area contributed by atoms with Crippen LogP contribution in [0.25, 0.3) is 5.69 Å². The minimum Gasteiger partial charge on any atom is -0.497 e. The summed E-state index contributed by atoms with van der Waals surface area (Å²) in [6.07, 6.45) is 0.575. The SMILES string of the molecule is COCCCN(CC(=O)Nc1cc(C(C)(C)C)nn1-c1ccccc1Cl)C(=O)Nc1ccc(OC)cc1. The van der Waals surface area contributed by atoms with Crippen LogP contribution in [0.4, 0.5) is 16.3 Å². The molecular weight excluding hydrogens is 494 g/mol. The zero-order valence-electron chi connectivity index (χ0n) is 21.9. The molecule has 1 aromatic heterocycles. The summed E-state index contributed by atoms with van der Waals surface area (Å²) in [7, 11) is 3.17. The van der Waals surface area contributed by atoms with Gasteiger partial charge >= 0.3 is 6.03 Å². The maximum atomic E-state index is 13.2. The summed E-state index contributed by atoms with van der Waals surface area (Å²) < 4.78 is 11.9. The van der Waals surface area contributed by atoms with Crippen molar-refractivity contribution < 1.29 is 19.1 Å². The highest BCUT2D eigenvalue weighted by Crippen LogP contribution is 2.29. The van der Waals surface area contributed by atoms with E-state index in [2.05, 4.69) is 10.6 Å². The molecule has 2 aromatic carbocycles. The number of methoxy groups -OCH3 is 2. The van der Waals surface area contributed by atoms with E-state index in [1.165, 1.54) is 4.90 Å². The summed E-state index contributed by atoms with van der Waals surface area (Å²) in [6, 6.07) is 15.7. The number of hydrogen-bond donors (Lipinski definition) is 2. The highest BCUT2D eigenvalue weighted by atomic mass is 35.5. The molecule has 0 unspecified atom stereocenters. The number of carbonyl (C=O) groups is 2. The van der Waals surface area contributed by atoms with E-state index in [9.17, 15) is 9.59 Å². The van der Waals surface area contributed by atoms with Gasteiger partial charge in [-0.05, 0) is 42.8 Å². The van der Waals surface area contributed by atoms with Gasteiger partial charge in [0.15, 0.2) is 0 Å². The summed E-state index contributed by atoms with van der Waals surface area (Å²) in [5.74, 6) is 0.783. The van der Waals surface area contributed by atoms with Crippen molar-refractivity contribution in [3.05, 3.63) is 65.3 Å². The average molecular weight is 528 g/mol. The van der Waals surface area contributed by atoms with Crippen LogP contribution in [-0.4, -0.2) is 60.5 Å². The van der Waals surface area contributed by atoms with Crippen molar-refractivity contribution in [2.45, 2.75) is 32.6 Å². The molecule has 9 nitrogen and oxygen atoms in total. The fourth-order valence-electron chi connectivity index (χ4n) is 3.53. The van der Waals surface area contributed by atoms with Crippen molar-refractivity contribution in [3.8, 4) is 11.4 Å². The van der Waals surface area contributed by atoms with Crippen molar-refractivity contribution in [2.24, 2.45) is 0 Å². The molecule has 3 rings (SSSR count). The van der Waals surface area contributed by atoms with E-state index in [0.29, 0.717) is 47.5 Å². The third-order valence-corrected chi connectivity index (χ3v) is 5.88. The van der Waals surface area contributed by atoms with Gasteiger partial charge in [0, 0.05) is 37.4 Å². The van der Waals surface area contributed by atoms with Gasteiger partial charge < -0.3 is 25.0 Å². The molecular formula is C27H34ClN5O4. The molecule has 0 aliphatic rings. The molecule has 0 aliphatic carbocycles. The Kier molecular flexibility index (Phi) is 9.54. The van der Waals surface area contributed by atoms with Crippen LogP contribution in [0.2, 0.25) is 5.02 Å². The number of rotatable bonds is 10. The molecule has 1 heterocycles. The topological polar surface area (TPSA) is 97.7 Å². The molecule has 10 heteroatoms. The van der Waals surface area contributed by atoms with E-state index in [1.54, 1.807) is 49.2 Å². The van der Waals surface area contributed by atoms with Gasteiger partial charge in [-0.2, -0.15) is 5.10 Å². The molecule has 2 N–H and O–H groups in total.